The van der Waals surface area contributed by atoms with Gasteiger partial charge in [0.25, 0.3) is 17.2 Å². The second-order valence-electron chi connectivity index (χ2n) is 7.14. The first-order valence-corrected chi connectivity index (χ1v) is 9.31. The lowest BCUT2D eigenvalue weighted by atomic mass is 10.1. The Kier molecular flexibility index (Phi) is 5.92. The van der Waals surface area contributed by atoms with E-state index in [1.54, 1.807) is 0 Å². The Hall–Kier alpha value is -3.56. The van der Waals surface area contributed by atoms with E-state index in [9.17, 15) is 37.8 Å². The average molecular weight is 436 g/mol. The highest BCUT2D eigenvalue weighted by molar-refractivity contribution is 5.97. The number of piperazine rings is 1. The summed E-state index contributed by atoms with van der Waals surface area (Å²) in [4.78, 5) is 39.9. The highest BCUT2D eigenvalue weighted by Crippen LogP contribution is 2.29. The number of rotatable bonds is 2. The molecule has 0 saturated carbocycles. The van der Waals surface area contributed by atoms with E-state index in [0.29, 0.717) is 5.56 Å². The molecule has 0 spiro atoms. The van der Waals surface area contributed by atoms with Crippen LogP contribution in [0.5, 0.6) is 11.5 Å². The van der Waals surface area contributed by atoms with Crippen molar-refractivity contribution in [2.24, 2.45) is 0 Å². The average Bonchev–Trinajstić information content (AvgIpc) is 2.83. The molecule has 0 radical (unpaired) electrons. The van der Waals surface area contributed by atoms with E-state index in [2.05, 4.69) is 0 Å². The number of amides is 2. The Morgan fingerprint density at radius 2 is 1.35 bits per heavy atom. The van der Waals surface area contributed by atoms with Crippen LogP contribution in [0.15, 0.2) is 41.2 Å². The normalized spacial score (nSPS) is 14.5. The molecule has 0 aliphatic carbocycles. The minimum absolute atomic E-state index is 0.0393. The van der Waals surface area contributed by atoms with Crippen LogP contribution in [0, 0.1) is 6.92 Å². The molecule has 2 aromatic rings. The molecule has 3 rings (SSSR count). The van der Waals surface area contributed by atoms with E-state index in [4.69, 9.17) is 0 Å². The van der Waals surface area contributed by atoms with Crippen molar-refractivity contribution in [3.05, 3.63) is 68.9 Å². The van der Waals surface area contributed by atoms with Crippen molar-refractivity contribution < 1.29 is 33.0 Å². The lowest BCUT2D eigenvalue weighted by Gasteiger charge is -2.35. The topological polar surface area (TPSA) is 98.1 Å². The minimum atomic E-state index is -4.49. The van der Waals surface area contributed by atoms with E-state index in [1.165, 1.54) is 16.7 Å². The standard InChI is InChI=1S/C21H19F3N2O5/c1-12-10-16(27)18(29)17(28)11-15(12)20(31)26-8-6-25(7-9-26)19(30)13-2-4-14(5-3-13)21(22,23)24/h2-5,10-11H,6-9H2,1H3,(H2,27,28,29). The molecular weight excluding hydrogens is 417 g/mol. The number of benzene rings is 1. The molecule has 7 nitrogen and oxygen atoms in total. The molecule has 1 heterocycles. The number of halogens is 3. The molecule has 1 aliphatic rings. The summed E-state index contributed by atoms with van der Waals surface area (Å²) in [5, 5.41) is 19.4. The van der Waals surface area contributed by atoms with Gasteiger partial charge in [-0.15, -0.1) is 0 Å². The summed E-state index contributed by atoms with van der Waals surface area (Å²) in [5.41, 5.74) is -1.39. The first-order valence-electron chi connectivity index (χ1n) is 9.31. The summed E-state index contributed by atoms with van der Waals surface area (Å²) >= 11 is 0. The van der Waals surface area contributed by atoms with Crippen molar-refractivity contribution in [2.45, 2.75) is 13.1 Å². The third-order valence-electron chi connectivity index (χ3n) is 5.07. The van der Waals surface area contributed by atoms with E-state index < -0.39 is 40.5 Å². The monoisotopic (exact) mass is 436 g/mol. The Labute approximate surface area is 175 Å². The van der Waals surface area contributed by atoms with Crippen LogP contribution >= 0.6 is 0 Å². The van der Waals surface area contributed by atoms with Gasteiger partial charge in [0.2, 0.25) is 0 Å². The van der Waals surface area contributed by atoms with Crippen molar-refractivity contribution in [3.8, 4) is 11.5 Å². The van der Waals surface area contributed by atoms with Gasteiger partial charge in [-0.3, -0.25) is 14.4 Å². The van der Waals surface area contributed by atoms with Gasteiger partial charge in [-0.25, -0.2) is 0 Å². The predicted octanol–water partition coefficient (Wildman–Crippen LogP) is 2.38. The van der Waals surface area contributed by atoms with Crippen molar-refractivity contribution in [3.63, 3.8) is 0 Å². The lowest BCUT2D eigenvalue weighted by molar-refractivity contribution is -0.137. The van der Waals surface area contributed by atoms with Gasteiger partial charge in [0, 0.05) is 37.3 Å². The van der Waals surface area contributed by atoms with Gasteiger partial charge in [-0.2, -0.15) is 13.2 Å². The SMILES string of the molecule is Cc1cc(O)c(=O)c(O)cc1C(=O)N1CCN(C(=O)c2ccc(C(F)(F)F)cc2)CC1. The molecule has 1 fully saturated rings. The van der Waals surface area contributed by atoms with Crippen molar-refractivity contribution in [1.29, 1.82) is 0 Å². The number of alkyl halides is 3. The number of hydrogen-bond acceptors (Lipinski definition) is 5. The van der Waals surface area contributed by atoms with Crippen LogP contribution in [0.25, 0.3) is 0 Å². The second kappa shape index (κ2) is 8.29. The zero-order chi connectivity index (χ0) is 22.9. The third kappa shape index (κ3) is 4.62. The van der Waals surface area contributed by atoms with Crippen LogP contribution < -0.4 is 5.43 Å². The lowest BCUT2D eigenvalue weighted by Crippen LogP contribution is -2.50. The summed E-state index contributed by atoms with van der Waals surface area (Å²) in [5.74, 6) is -2.36. The summed E-state index contributed by atoms with van der Waals surface area (Å²) in [6.07, 6.45) is -4.49. The van der Waals surface area contributed by atoms with Crippen LogP contribution in [0.3, 0.4) is 0 Å². The van der Waals surface area contributed by atoms with Gasteiger partial charge in [0.05, 0.1) is 5.56 Å². The first kappa shape index (κ1) is 22.1. The number of carbonyl (C=O) groups excluding carboxylic acids is 2. The zero-order valence-corrected chi connectivity index (χ0v) is 16.4. The second-order valence-corrected chi connectivity index (χ2v) is 7.14. The van der Waals surface area contributed by atoms with E-state index in [-0.39, 0.29) is 37.3 Å². The van der Waals surface area contributed by atoms with Gasteiger partial charge < -0.3 is 20.0 Å². The van der Waals surface area contributed by atoms with Crippen LogP contribution in [-0.4, -0.2) is 58.0 Å². The predicted molar refractivity (Wildman–Crippen MR) is 104 cm³/mol. The van der Waals surface area contributed by atoms with Gasteiger partial charge in [0.15, 0.2) is 11.5 Å². The third-order valence-corrected chi connectivity index (χ3v) is 5.07. The largest absolute Gasteiger partial charge is 0.504 e. The smallest absolute Gasteiger partial charge is 0.416 e. The number of hydrogen-bond donors (Lipinski definition) is 2. The van der Waals surface area contributed by atoms with Crippen LogP contribution in [0.4, 0.5) is 13.2 Å². The van der Waals surface area contributed by atoms with E-state index >= 15 is 0 Å². The maximum atomic E-state index is 12.8. The molecule has 31 heavy (non-hydrogen) atoms. The van der Waals surface area contributed by atoms with E-state index in [0.717, 1.165) is 36.4 Å². The molecule has 0 atom stereocenters. The minimum Gasteiger partial charge on any atom is -0.504 e. The molecule has 2 N–H and O–H groups in total. The molecule has 1 aliphatic heterocycles. The summed E-state index contributed by atoms with van der Waals surface area (Å²) < 4.78 is 38.0. The van der Waals surface area contributed by atoms with Gasteiger partial charge in [-0.05, 0) is 48.9 Å². The van der Waals surface area contributed by atoms with Crippen molar-refractivity contribution >= 4 is 11.8 Å². The highest BCUT2D eigenvalue weighted by Gasteiger charge is 2.31. The molecule has 2 amide bonds. The first-order chi connectivity index (χ1) is 14.5. The zero-order valence-electron chi connectivity index (χ0n) is 16.4. The molecule has 0 unspecified atom stereocenters. The van der Waals surface area contributed by atoms with Crippen LogP contribution in [0.2, 0.25) is 0 Å². The van der Waals surface area contributed by atoms with Crippen LogP contribution in [-0.2, 0) is 6.18 Å². The Balaban J connectivity index is 1.70. The Morgan fingerprint density at radius 1 is 0.871 bits per heavy atom. The van der Waals surface area contributed by atoms with Crippen molar-refractivity contribution in [2.75, 3.05) is 26.2 Å². The Morgan fingerprint density at radius 3 is 1.87 bits per heavy atom. The maximum absolute atomic E-state index is 12.8. The fourth-order valence-electron chi connectivity index (χ4n) is 3.29. The molecule has 2 aromatic carbocycles. The van der Waals surface area contributed by atoms with Crippen molar-refractivity contribution in [1.82, 2.24) is 9.80 Å². The number of carbonyl (C=O) groups is 2. The highest BCUT2D eigenvalue weighted by atomic mass is 19.4. The number of aryl methyl sites for hydroxylation is 1. The molecule has 10 heteroatoms. The molecule has 0 aromatic heterocycles. The Bertz CT molecular complexity index is 1080. The van der Waals surface area contributed by atoms with Gasteiger partial charge >= 0.3 is 6.18 Å². The van der Waals surface area contributed by atoms with Gasteiger partial charge in [-0.1, -0.05) is 0 Å². The van der Waals surface area contributed by atoms with Crippen LogP contribution in [0.1, 0.15) is 31.8 Å². The van der Waals surface area contributed by atoms with E-state index in [1.807, 2.05) is 0 Å². The van der Waals surface area contributed by atoms with Gasteiger partial charge in [0.1, 0.15) is 0 Å². The fourth-order valence-corrected chi connectivity index (χ4v) is 3.29. The summed E-state index contributed by atoms with van der Waals surface area (Å²) in [6, 6.07) is 6.02. The summed E-state index contributed by atoms with van der Waals surface area (Å²) in [6.45, 7) is 2.14. The quantitative estimate of drug-likeness (QED) is 0.754. The molecule has 164 valence electrons. The molecular formula is C21H19F3N2O5. The molecule has 0 bridgehead atoms. The number of nitrogens with zero attached hydrogens (tertiary/aromatic N) is 2. The summed E-state index contributed by atoms with van der Waals surface area (Å²) in [7, 11) is 0. The number of aromatic hydroxyl groups is 2. The molecule has 1 saturated heterocycles. The maximum Gasteiger partial charge on any atom is 0.416 e. The fraction of sp³-hybridized carbons (Fsp3) is 0.286.